The first-order valence-corrected chi connectivity index (χ1v) is 31.8. The van der Waals surface area contributed by atoms with Crippen LogP contribution in [0.5, 0.6) is 0 Å². The third-order valence-electron chi connectivity index (χ3n) is 14.8. The van der Waals surface area contributed by atoms with E-state index in [1.165, 1.54) is 238 Å². The molecule has 3 aromatic rings. The maximum atomic E-state index is 15.3. The van der Waals surface area contributed by atoms with Crippen molar-refractivity contribution < 1.29 is 8.98 Å². The highest BCUT2D eigenvalue weighted by atomic mass is 32.3. The Labute approximate surface area is 431 Å². The van der Waals surface area contributed by atoms with Crippen LogP contribution in [0.3, 0.4) is 0 Å². The van der Waals surface area contributed by atoms with Gasteiger partial charge in [-0.2, -0.15) is 0 Å². The normalized spacial score (nSPS) is 12.0. The van der Waals surface area contributed by atoms with Gasteiger partial charge in [0.1, 0.15) is 0 Å². The van der Waals surface area contributed by atoms with E-state index in [2.05, 4.69) is 106 Å². The molecule has 0 radical (unpaired) electrons. The molecule has 0 fully saturated rings. The van der Waals surface area contributed by atoms with Crippen LogP contribution in [0, 0.1) is 0 Å². The summed E-state index contributed by atoms with van der Waals surface area (Å²) < 4.78 is 8.09. The lowest BCUT2D eigenvalue weighted by atomic mass is 9.94. The average Bonchev–Trinajstić information content (AvgIpc) is 3.34. The first-order chi connectivity index (χ1) is 33.8. The molecular formula is C66H110O2S. The van der Waals surface area contributed by atoms with Gasteiger partial charge in [-0.1, -0.05) is 221 Å². The van der Waals surface area contributed by atoms with Crippen LogP contribution >= 0.6 is 10.3 Å². The van der Waals surface area contributed by atoms with Crippen molar-refractivity contribution in [1.82, 2.24) is 0 Å². The first kappa shape index (κ1) is 60.8. The second-order valence-electron chi connectivity index (χ2n) is 21.2. The van der Waals surface area contributed by atoms with Gasteiger partial charge in [-0.3, -0.25) is 4.79 Å². The fraction of sp³-hybridized carbons (Fsp3) is 0.712. The highest BCUT2D eigenvalue weighted by Crippen LogP contribution is 2.75. The zero-order valence-electron chi connectivity index (χ0n) is 47.4. The van der Waals surface area contributed by atoms with E-state index in [1.54, 1.807) is 0 Å². The molecule has 0 aliphatic rings. The summed E-state index contributed by atoms with van der Waals surface area (Å²) in [5, 5.41) is 0. The second-order valence-corrected chi connectivity index (χ2v) is 23.7. The Kier molecular flexibility index (Phi) is 32.1. The van der Waals surface area contributed by atoms with Crippen molar-refractivity contribution in [2.75, 3.05) is 0 Å². The molecule has 0 spiro atoms. The summed E-state index contributed by atoms with van der Waals surface area (Å²) in [7, 11) is -2.63. The Balaban J connectivity index is 2.95. The van der Waals surface area contributed by atoms with Gasteiger partial charge in [-0.15, -0.1) is 0 Å². The molecule has 0 saturated carbocycles. The van der Waals surface area contributed by atoms with Gasteiger partial charge in [0.15, 0.2) is 0 Å². The number of unbranched alkanes of at least 4 members (excludes halogenated alkanes) is 18. The van der Waals surface area contributed by atoms with Crippen molar-refractivity contribution in [3.05, 3.63) is 86.5 Å². The summed E-state index contributed by atoms with van der Waals surface area (Å²) in [5.74, 6) is -0.0203. The summed E-state index contributed by atoms with van der Waals surface area (Å²) in [6, 6.07) is 16.0. The van der Waals surface area contributed by atoms with Gasteiger partial charge in [-0.25, -0.2) is 0 Å². The number of benzene rings is 3. The minimum Gasteiger partial charge on any atom is -0.402 e. The van der Waals surface area contributed by atoms with Crippen molar-refractivity contribution in [3.8, 4) is 0 Å². The largest absolute Gasteiger partial charge is 0.402 e. The molecule has 0 unspecified atom stereocenters. The maximum absolute atomic E-state index is 15.3. The van der Waals surface area contributed by atoms with Crippen molar-refractivity contribution in [1.29, 1.82) is 0 Å². The molecule has 0 aliphatic heterocycles. The quantitative estimate of drug-likeness (QED) is 0.0530. The molecule has 0 aliphatic carbocycles. The fourth-order valence-corrected chi connectivity index (χ4v) is 15.3. The van der Waals surface area contributed by atoms with Crippen molar-refractivity contribution >= 4 is 16.3 Å². The highest BCUT2D eigenvalue weighted by Gasteiger charge is 2.45. The van der Waals surface area contributed by atoms with Gasteiger partial charge in [0.2, 0.25) is 0 Å². The van der Waals surface area contributed by atoms with E-state index in [0.717, 1.165) is 57.8 Å². The van der Waals surface area contributed by atoms with E-state index in [4.69, 9.17) is 4.18 Å². The maximum Gasteiger partial charge on any atom is 0.316 e. The average molecular weight is 968 g/mol. The number of hydrogen-bond acceptors (Lipinski definition) is 2. The standard InChI is InChI=1S/C66H110O2S/c1-11-21-30-39-54-48-57(42-33-24-14-4)64(58(49-54)43-34-25-15-5)69(68-63(67)20-10,65-59(44-35-26-16-6)50-55(40-31-22-12-2)51-60(65)45-36-27-17-7)66-61(46-37-28-18-8)52-56(41-32-23-13-3)53-62(66)47-38-29-19-9/h48-53H,11-47H2,1-10H3. The third-order valence-corrected chi connectivity index (χ3v) is 18.5. The summed E-state index contributed by atoms with van der Waals surface area (Å²) in [5.41, 5.74) is 13.5. The molecule has 2 nitrogen and oxygen atoms in total. The summed E-state index contributed by atoms with van der Waals surface area (Å²) in [4.78, 5) is 19.7. The van der Waals surface area contributed by atoms with Crippen LogP contribution in [0.4, 0.5) is 0 Å². The monoisotopic (exact) mass is 967 g/mol. The van der Waals surface area contributed by atoms with Crippen LogP contribution in [-0.4, -0.2) is 5.97 Å². The van der Waals surface area contributed by atoms with Crippen molar-refractivity contribution in [3.63, 3.8) is 0 Å². The van der Waals surface area contributed by atoms with Crippen molar-refractivity contribution in [2.24, 2.45) is 0 Å². The van der Waals surface area contributed by atoms with Gasteiger partial charge in [0.05, 0.1) is 0 Å². The van der Waals surface area contributed by atoms with Gasteiger partial charge in [0, 0.05) is 21.1 Å². The molecule has 0 bridgehead atoms. The Hall–Kier alpha value is -2.52. The molecule has 3 aromatic carbocycles. The van der Waals surface area contributed by atoms with Gasteiger partial charge in [0.25, 0.3) is 0 Å². The molecule has 3 heteroatoms. The number of aryl methyl sites for hydroxylation is 9. The van der Waals surface area contributed by atoms with Gasteiger partial charge >= 0.3 is 5.97 Å². The predicted octanol–water partition coefficient (Wildman–Crippen LogP) is 21.4. The van der Waals surface area contributed by atoms with E-state index in [1.807, 2.05) is 0 Å². The molecule has 0 saturated heterocycles. The van der Waals surface area contributed by atoms with E-state index in [9.17, 15) is 0 Å². The van der Waals surface area contributed by atoms with Crippen LogP contribution in [0.1, 0.15) is 299 Å². The Morgan fingerprint density at radius 1 is 0.304 bits per heavy atom. The van der Waals surface area contributed by atoms with Crippen LogP contribution in [0.25, 0.3) is 0 Å². The zero-order valence-corrected chi connectivity index (χ0v) is 48.2. The fourth-order valence-electron chi connectivity index (χ4n) is 10.9. The molecule has 0 N–H and O–H groups in total. The number of rotatable bonds is 41. The van der Waals surface area contributed by atoms with E-state index < -0.39 is 10.3 Å². The molecule has 69 heavy (non-hydrogen) atoms. The van der Waals surface area contributed by atoms with Crippen molar-refractivity contribution in [2.45, 2.75) is 321 Å². The van der Waals surface area contributed by atoms with Crippen LogP contribution in [-0.2, 0) is 66.8 Å². The number of carbonyl (C=O) groups is 1. The Bertz CT molecular complexity index is 1550. The summed E-state index contributed by atoms with van der Waals surface area (Å²) >= 11 is 0. The lowest BCUT2D eigenvalue weighted by molar-refractivity contribution is -0.133. The second kappa shape index (κ2) is 36.4. The molecule has 3 rings (SSSR count). The number of hydrogen-bond donors (Lipinski definition) is 0. The zero-order chi connectivity index (χ0) is 50.1. The van der Waals surface area contributed by atoms with Crippen LogP contribution in [0.15, 0.2) is 51.1 Å². The Morgan fingerprint density at radius 2 is 0.493 bits per heavy atom. The third kappa shape index (κ3) is 19.8. The molecule has 0 aromatic heterocycles. The van der Waals surface area contributed by atoms with Crippen LogP contribution < -0.4 is 0 Å². The molecule has 392 valence electrons. The van der Waals surface area contributed by atoms with E-state index >= 15 is 4.79 Å². The van der Waals surface area contributed by atoms with Gasteiger partial charge in [-0.05, 0) is 176 Å². The number of carbonyl (C=O) groups excluding carboxylic acids is 1. The van der Waals surface area contributed by atoms with E-state index in [0.29, 0.717) is 6.42 Å². The molecule has 0 atom stereocenters. The Morgan fingerprint density at radius 3 is 0.667 bits per heavy atom. The minimum atomic E-state index is -2.63. The molecular weight excluding hydrogens is 857 g/mol. The highest BCUT2D eigenvalue weighted by molar-refractivity contribution is 8.30. The molecule has 0 amide bonds. The minimum absolute atomic E-state index is 0.0203. The summed E-state index contributed by atoms with van der Waals surface area (Å²) in [6.45, 7) is 23.2. The van der Waals surface area contributed by atoms with E-state index in [-0.39, 0.29) is 5.97 Å². The van der Waals surface area contributed by atoms with Crippen LogP contribution in [0.2, 0.25) is 0 Å². The molecule has 0 heterocycles. The SMILES string of the molecule is CCCCCc1cc(CCCCC)c(S(OC(=O)CC)(c2c(CCCCC)cc(CCCCC)cc2CCCCC)c2c(CCCCC)cc(CCCCC)cc2CCCCC)c(CCCCC)c1. The topological polar surface area (TPSA) is 26.3 Å². The summed E-state index contributed by atoms with van der Waals surface area (Å²) in [6.07, 6.45) is 42.7. The lowest BCUT2D eigenvalue weighted by Crippen LogP contribution is -2.22. The first-order valence-electron chi connectivity index (χ1n) is 30.3. The lowest BCUT2D eigenvalue weighted by Gasteiger charge is -2.47. The van der Waals surface area contributed by atoms with Gasteiger partial charge < -0.3 is 4.18 Å². The predicted molar refractivity (Wildman–Crippen MR) is 307 cm³/mol. The smallest absolute Gasteiger partial charge is 0.316 e.